The molecular formula is C15H21N3O2. The van der Waals surface area contributed by atoms with Crippen molar-refractivity contribution in [3.8, 4) is 0 Å². The van der Waals surface area contributed by atoms with Crippen molar-refractivity contribution < 1.29 is 9.90 Å². The molecule has 0 aromatic carbocycles. The van der Waals surface area contributed by atoms with Crippen LogP contribution in [0.3, 0.4) is 0 Å². The number of likely N-dealkylation sites (tertiary alicyclic amines) is 1. The molecule has 5 nitrogen and oxygen atoms in total. The molecule has 1 aromatic rings. The second kappa shape index (κ2) is 5.05. The molecule has 3 N–H and O–H groups in total. The van der Waals surface area contributed by atoms with Gasteiger partial charge < -0.3 is 15.7 Å². The highest BCUT2D eigenvalue weighted by Gasteiger charge is 2.43. The molecule has 2 fully saturated rings. The van der Waals surface area contributed by atoms with E-state index in [2.05, 4.69) is 4.98 Å². The van der Waals surface area contributed by atoms with Gasteiger partial charge in [-0.25, -0.2) is 0 Å². The van der Waals surface area contributed by atoms with Crippen LogP contribution in [0.15, 0.2) is 18.5 Å². The normalized spacial score (nSPS) is 29.9. The first-order valence-electron chi connectivity index (χ1n) is 7.31. The number of carbonyl (C=O) groups excluding carboxylic acids is 1. The van der Waals surface area contributed by atoms with Crippen molar-refractivity contribution in [2.45, 2.75) is 37.7 Å². The third kappa shape index (κ3) is 2.26. The van der Waals surface area contributed by atoms with Gasteiger partial charge in [-0.1, -0.05) is 12.8 Å². The number of nitrogens with zero attached hydrogens (tertiary/aromatic N) is 2. The number of anilines is 1. The quantitative estimate of drug-likeness (QED) is 0.812. The van der Waals surface area contributed by atoms with Gasteiger partial charge in [-0.15, -0.1) is 0 Å². The smallest absolute Gasteiger partial charge is 0.257 e. The maximum absolute atomic E-state index is 12.5. The van der Waals surface area contributed by atoms with Crippen molar-refractivity contribution in [3.05, 3.63) is 24.0 Å². The van der Waals surface area contributed by atoms with Crippen LogP contribution in [0, 0.1) is 5.92 Å². The molecule has 2 unspecified atom stereocenters. The lowest BCUT2D eigenvalue weighted by atomic mass is 9.71. The summed E-state index contributed by atoms with van der Waals surface area (Å²) in [4.78, 5) is 18.3. The van der Waals surface area contributed by atoms with Gasteiger partial charge in [0.05, 0.1) is 11.2 Å². The van der Waals surface area contributed by atoms with Crippen molar-refractivity contribution in [2.24, 2.45) is 5.92 Å². The van der Waals surface area contributed by atoms with E-state index in [9.17, 15) is 9.90 Å². The fraction of sp³-hybridized carbons (Fsp3) is 0.600. The Morgan fingerprint density at radius 2 is 2.30 bits per heavy atom. The van der Waals surface area contributed by atoms with E-state index >= 15 is 0 Å². The fourth-order valence-corrected chi connectivity index (χ4v) is 3.51. The number of rotatable bonds is 1. The second-order valence-electron chi connectivity index (χ2n) is 6.01. The standard InChI is InChI=1S/C15H21N3O2/c16-13-4-7-17-9-12(13)14(19)18-8-6-15(20)5-2-1-3-11(15)10-18/h4,7,9,11,20H,1-3,5-6,8,10H2,(H2,16,17). The maximum atomic E-state index is 12.5. The van der Waals surface area contributed by atoms with Crippen LogP contribution in [-0.4, -0.2) is 39.6 Å². The molecule has 1 saturated heterocycles. The number of fused-ring (bicyclic) bond motifs is 1. The summed E-state index contributed by atoms with van der Waals surface area (Å²) in [6, 6.07) is 1.65. The maximum Gasteiger partial charge on any atom is 0.257 e. The van der Waals surface area contributed by atoms with Crippen LogP contribution >= 0.6 is 0 Å². The van der Waals surface area contributed by atoms with E-state index < -0.39 is 5.60 Å². The molecule has 0 radical (unpaired) electrons. The summed E-state index contributed by atoms with van der Waals surface area (Å²) in [6.45, 7) is 1.23. The number of piperidine rings is 1. The number of carbonyl (C=O) groups is 1. The van der Waals surface area contributed by atoms with Crippen LogP contribution in [0.2, 0.25) is 0 Å². The Balaban J connectivity index is 1.76. The molecular weight excluding hydrogens is 254 g/mol. The first-order chi connectivity index (χ1) is 9.60. The van der Waals surface area contributed by atoms with Crippen molar-refractivity contribution >= 4 is 11.6 Å². The van der Waals surface area contributed by atoms with Gasteiger partial charge in [0.2, 0.25) is 0 Å². The molecule has 1 aliphatic heterocycles. The second-order valence-corrected chi connectivity index (χ2v) is 6.01. The van der Waals surface area contributed by atoms with Gasteiger partial charge in [-0.05, 0) is 25.3 Å². The van der Waals surface area contributed by atoms with E-state index in [4.69, 9.17) is 5.73 Å². The summed E-state index contributed by atoms with van der Waals surface area (Å²) in [5, 5.41) is 10.6. The van der Waals surface area contributed by atoms with Crippen LogP contribution in [-0.2, 0) is 0 Å². The van der Waals surface area contributed by atoms with Gasteiger partial charge >= 0.3 is 0 Å². The lowest BCUT2D eigenvalue weighted by molar-refractivity contribution is -0.0886. The summed E-state index contributed by atoms with van der Waals surface area (Å²) < 4.78 is 0. The first kappa shape index (κ1) is 13.4. The summed E-state index contributed by atoms with van der Waals surface area (Å²) in [5.41, 5.74) is 6.22. The summed E-state index contributed by atoms with van der Waals surface area (Å²) >= 11 is 0. The van der Waals surface area contributed by atoms with Gasteiger partial charge in [-0.2, -0.15) is 0 Å². The van der Waals surface area contributed by atoms with Crippen molar-refractivity contribution in [3.63, 3.8) is 0 Å². The molecule has 1 amide bonds. The molecule has 5 heteroatoms. The number of hydrogen-bond acceptors (Lipinski definition) is 4. The SMILES string of the molecule is Nc1ccncc1C(=O)N1CCC2(O)CCCCC2C1. The summed E-state index contributed by atoms with van der Waals surface area (Å²) in [5.74, 6) is 0.134. The van der Waals surface area contributed by atoms with E-state index in [0.717, 1.165) is 25.7 Å². The third-order valence-electron chi connectivity index (χ3n) is 4.80. The number of nitrogen functional groups attached to an aromatic ring is 1. The van der Waals surface area contributed by atoms with Gasteiger partial charge in [0.15, 0.2) is 0 Å². The Morgan fingerprint density at radius 3 is 3.10 bits per heavy atom. The number of amides is 1. The van der Waals surface area contributed by atoms with Gasteiger partial charge in [0.1, 0.15) is 0 Å². The average Bonchev–Trinajstić information content (AvgIpc) is 2.46. The van der Waals surface area contributed by atoms with Crippen LogP contribution in [0.25, 0.3) is 0 Å². The Hall–Kier alpha value is -1.62. The van der Waals surface area contributed by atoms with Gasteiger partial charge in [0, 0.05) is 37.1 Å². The van der Waals surface area contributed by atoms with Crippen molar-refractivity contribution in [1.82, 2.24) is 9.88 Å². The molecule has 1 aromatic heterocycles. The van der Waals surface area contributed by atoms with Crippen LogP contribution in [0.1, 0.15) is 42.5 Å². The molecule has 0 spiro atoms. The van der Waals surface area contributed by atoms with Gasteiger partial charge in [0.25, 0.3) is 5.91 Å². The highest BCUT2D eigenvalue weighted by Crippen LogP contribution is 2.40. The molecule has 2 atom stereocenters. The van der Waals surface area contributed by atoms with E-state index in [1.54, 1.807) is 12.3 Å². The molecule has 2 aliphatic rings. The molecule has 2 heterocycles. The lowest BCUT2D eigenvalue weighted by Crippen LogP contribution is -2.54. The van der Waals surface area contributed by atoms with Crippen molar-refractivity contribution in [2.75, 3.05) is 18.8 Å². The Morgan fingerprint density at radius 1 is 1.45 bits per heavy atom. The minimum Gasteiger partial charge on any atom is -0.398 e. The van der Waals surface area contributed by atoms with Crippen LogP contribution in [0.5, 0.6) is 0 Å². The number of aliphatic hydroxyl groups is 1. The lowest BCUT2D eigenvalue weighted by Gasteiger charge is -2.47. The van der Waals surface area contributed by atoms with E-state index in [-0.39, 0.29) is 11.8 Å². The molecule has 108 valence electrons. The summed E-state index contributed by atoms with van der Waals surface area (Å²) in [7, 11) is 0. The molecule has 0 bridgehead atoms. The van der Waals surface area contributed by atoms with Gasteiger partial charge in [-0.3, -0.25) is 9.78 Å². The minimum atomic E-state index is -0.560. The zero-order valence-electron chi connectivity index (χ0n) is 11.6. The number of pyridine rings is 1. The largest absolute Gasteiger partial charge is 0.398 e. The average molecular weight is 275 g/mol. The molecule has 20 heavy (non-hydrogen) atoms. The van der Waals surface area contributed by atoms with E-state index in [0.29, 0.717) is 30.8 Å². The highest BCUT2D eigenvalue weighted by molar-refractivity contribution is 5.98. The fourth-order valence-electron chi connectivity index (χ4n) is 3.51. The molecule has 3 rings (SSSR count). The van der Waals surface area contributed by atoms with E-state index in [1.807, 2.05) is 4.90 Å². The third-order valence-corrected chi connectivity index (χ3v) is 4.80. The van der Waals surface area contributed by atoms with Crippen LogP contribution < -0.4 is 5.73 Å². The topological polar surface area (TPSA) is 79.5 Å². The Labute approximate surface area is 118 Å². The predicted molar refractivity (Wildman–Crippen MR) is 76.1 cm³/mol. The number of aromatic nitrogens is 1. The minimum absolute atomic E-state index is 0.0665. The van der Waals surface area contributed by atoms with E-state index in [1.165, 1.54) is 6.20 Å². The summed E-state index contributed by atoms with van der Waals surface area (Å²) in [6.07, 6.45) is 7.89. The van der Waals surface area contributed by atoms with Crippen LogP contribution in [0.4, 0.5) is 5.69 Å². The van der Waals surface area contributed by atoms with Crippen molar-refractivity contribution in [1.29, 1.82) is 0 Å². The Bertz CT molecular complexity index is 520. The highest BCUT2D eigenvalue weighted by atomic mass is 16.3. The monoisotopic (exact) mass is 275 g/mol. The first-order valence-corrected chi connectivity index (χ1v) is 7.31. The zero-order valence-corrected chi connectivity index (χ0v) is 11.6. The zero-order chi connectivity index (χ0) is 14.2. The predicted octanol–water partition coefficient (Wildman–Crippen LogP) is 1.43. The Kier molecular flexibility index (Phi) is 3.38. The number of nitrogens with two attached hydrogens (primary N) is 1. The molecule has 1 saturated carbocycles. The number of hydrogen-bond donors (Lipinski definition) is 2. The molecule has 1 aliphatic carbocycles.